The van der Waals surface area contributed by atoms with Gasteiger partial charge >= 0.3 is 0 Å². The highest BCUT2D eigenvalue weighted by Gasteiger charge is 2.14. The molecule has 2 aromatic rings. The zero-order valence-electron chi connectivity index (χ0n) is 14.2. The highest BCUT2D eigenvalue weighted by molar-refractivity contribution is 7.80. The predicted molar refractivity (Wildman–Crippen MR) is 107 cm³/mol. The second-order valence-electron chi connectivity index (χ2n) is 5.78. The van der Waals surface area contributed by atoms with Crippen molar-refractivity contribution in [2.24, 2.45) is 5.73 Å². The number of nitrogens with zero attached hydrogens (tertiary/aromatic N) is 1. The van der Waals surface area contributed by atoms with E-state index in [1.165, 1.54) is 0 Å². The van der Waals surface area contributed by atoms with E-state index in [-0.39, 0.29) is 23.9 Å². The third kappa shape index (κ3) is 6.82. The maximum atomic E-state index is 12.3. The molecule has 0 unspecified atom stereocenters. The summed E-state index contributed by atoms with van der Waals surface area (Å²) in [6.07, 6.45) is 0.340. The van der Waals surface area contributed by atoms with E-state index < -0.39 is 5.91 Å². The van der Waals surface area contributed by atoms with Crippen molar-refractivity contribution in [1.82, 2.24) is 10.2 Å². The van der Waals surface area contributed by atoms with Crippen LogP contribution in [0.5, 0.6) is 0 Å². The van der Waals surface area contributed by atoms with Crippen molar-refractivity contribution in [3.63, 3.8) is 0 Å². The molecule has 0 saturated carbocycles. The van der Waals surface area contributed by atoms with Crippen molar-refractivity contribution in [2.45, 2.75) is 19.4 Å². The molecule has 2 amide bonds. The Labute approximate surface area is 163 Å². The fourth-order valence-electron chi connectivity index (χ4n) is 2.33. The average Bonchev–Trinajstić information content (AvgIpc) is 2.61. The van der Waals surface area contributed by atoms with E-state index in [0.29, 0.717) is 18.1 Å². The van der Waals surface area contributed by atoms with Crippen LogP contribution < -0.4 is 11.1 Å². The van der Waals surface area contributed by atoms with E-state index in [1.54, 1.807) is 29.2 Å². The molecule has 0 bridgehead atoms. The van der Waals surface area contributed by atoms with Gasteiger partial charge in [0, 0.05) is 24.5 Å². The van der Waals surface area contributed by atoms with Crippen molar-refractivity contribution in [3.8, 4) is 0 Å². The number of primary amides is 1. The topological polar surface area (TPSA) is 75.4 Å². The lowest BCUT2D eigenvalue weighted by molar-refractivity contribution is -0.119. The SMILES string of the molecule is NC(=O)CCN(Cc1ccccc1)C(=S)NC(=O)Cc1ccc(Cl)cc1. The summed E-state index contributed by atoms with van der Waals surface area (Å²) in [6, 6.07) is 16.7. The standard InChI is InChI=1S/C19H20ClN3O2S/c20-16-8-6-14(7-9-16)12-18(25)22-19(26)23(11-10-17(21)24)13-15-4-2-1-3-5-15/h1-9H,10-13H2,(H2,21,24)(H,22,25,26). The lowest BCUT2D eigenvalue weighted by Crippen LogP contribution is -2.44. The molecule has 0 aromatic heterocycles. The summed E-state index contributed by atoms with van der Waals surface area (Å²) in [5.74, 6) is -0.646. The zero-order chi connectivity index (χ0) is 18.9. The number of nitrogens with two attached hydrogens (primary N) is 1. The van der Waals surface area contributed by atoms with E-state index >= 15 is 0 Å². The molecular weight excluding hydrogens is 370 g/mol. The Morgan fingerprint density at radius 2 is 1.69 bits per heavy atom. The molecule has 0 fully saturated rings. The number of carbonyl (C=O) groups is 2. The van der Waals surface area contributed by atoms with Crippen LogP contribution in [0.25, 0.3) is 0 Å². The number of nitrogens with one attached hydrogen (secondary N) is 1. The Morgan fingerprint density at radius 1 is 1.04 bits per heavy atom. The molecule has 0 spiro atoms. The summed E-state index contributed by atoms with van der Waals surface area (Å²) in [6.45, 7) is 0.818. The Balaban J connectivity index is 1.98. The van der Waals surface area contributed by atoms with E-state index in [4.69, 9.17) is 29.6 Å². The third-order valence-electron chi connectivity index (χ3n) is 3.66. The number of benzene rings is 2. The lowest BCUT2D eigenvalue weighted by Gasteiger charge is -2.25. The van der Waals surface area contributed by atoms with Crippen molar-refractivity contribution in [2.75, 3.05) is 6.54 Å². The number of hydrogen-bond donors (Lipinski definition) is 2. The molecule has 7 heteroatoms. The predicted octanol–water partition coefficient (Wildman–Crippen LogP) is 2.66. The Kier molecular flexibility index (Phi) is 7.56. The van der Waals surface area contributed by atoms with Gasteiger partial charge in [0.25, 0.3) is 0 Å². The molecule has 0 saturated heterocycles. The van der Waals surface area contributed by atoms with Crippen LogP contribution in [0.4, 0.5) is 0 Å². The van der Waals surface area contributed by atoms with Crippen molar-refractivity contribution in [3.05, 3.63) is 70.7 Å². The molecule has 0 aliphatic carbocycles. The van der Waals surface area contributed by atoms with Gasteiger partial charge in [-0.2, -0.15) is 0 Å². The summed E-state index contributed by atoms with van der Waals surface area (Å²) < 4.78 is 0. The molecule has 0 radical (unpaired) electrons. The van der Waals surface area contributed by atoms with Crippen molar-refractivity contribution < 1.29 is 9.59 Å². The van der Waals surface area contributed by atoms with Crippen LogP contribution in [0.15, 0.2) is 54.6 Å². The highest BCUT2D eigenvalue weighted by Crippen LogP contribution is 2.10. The summed E-state index contributed by atoms with van der Waals surface area (Å²) in [5.41, 5.74) is 7.10. The molecule has 2 rings (SSSR count). The molecule has 0 aliphatic rings. The van der Waals surface area contributed by atoms with Gasteiger partial charge < -0.3 is 16.0 Å². The van der Waals surface area contributed by atoms with Gasteiger partial charge in [0.15, 0.2) is 5.11 Å². The van der Waals surface area contributed by atoms with Gasteiger partial charge in [0.2, 0.25) is 11.8 Å². The van der Waals surface area contributed by atoms with Gasteiger partial charge in [0.1, 0.15) is 0 Å². The minimum absolute atomic E-state index is 0.153. The number of halogens is 1. The largest absolute Gasteiger partial charge is 0.370 e. The van der Waals surface area contributed by atoms with Crippen LogP contribution >= 0.6 is 23.8 Å². The average molecular weight is 390 g/mol. The van der Waals surface area contributed by atoms with Gasteiger partial charge in [0.05, 0.1) is 6.42 Å². The molecular formula is C19H20ClN3O2S. The van der Waals surface area contributed by atoms with Gasteiger partial charge in [-0.1, -0.05) is 54.1 Å². The second kappa shape index (κ2) is 9.89. The quantitative estimate of drug-likeness (QED) is 0.714. The summed E-state index contributed by atoms with van der Waals surface area (Å²) in [4.78, 5) is 25.1. The fraction of sp³-hybridized carbons (Fsp3) is 0.211. The van der Waals surface area contributed by atoms with Gasteiger partial charge in [-0.25, -0.2) is 0 Å². The van der Waals surface area contributed by atoms with Crippen LogP contribution in [0, 0.1) is 0 Å². The van der Waals surface area contributed by atoms with Crippen molar-refractivity contribution >= 4 is 40.7 Å². The number of rotatable bonds is 7. The van der Waals surface area contributed by atoms with E-state index in [2.05, 4.69) is 5.32 Å². The number of hydrogen-bond acceptors (Lipinski definition) is 3. The van der Waals surface area contributed by atoms with Crippen molar-refractivity contribution in [1.29, 1.82) is 0 Å². The molecule has 0 aliphatic heterocycles. The normalized spacial score (nSPS) is 10.2. The molecule has 5 nitrogen and oxygen atoms in total. The van der Waals surface area contributed by atoms with Gasteiger partial charge in [-0.15, -0.1) is 0 Å². The number of carbonyl (C=O) groups excluding carboxylic acids is 2. The highest BCUT2D eigenvalue weighted by atomic mass is 35.5. The first-order valence-corrected chi connectivity index (χ1v) is 8.88. The first-order chi connectivity index (χ1) is 12.4. The fourth-order valence-corrected chi connectivity index (χ4v) is 2.73. The van der Waals surface area contributed by atoms with Crippen LogP contribution in [0.2, 0.25) is 5.02 Å². The lowest BCUT2D eigenvalue weighted by atomic mass is 10.1. The second-order valence-corrected chi connectivity index (χ2v) is 6.60. The Bertz CT molecular complexity index is 766. The first-order valence-electron chi connectivity index (χ1n) is 8.09. The van der Waals surface area contributed by atoms with Crippen LogP contribution in [0.1, 0.15) is 17.5 Å². The molecule has 136 valence electrons. The summed E-state index contributed by atoms with van der Waals surface area (Å²) in [5, 5.41) is 3.61. The molecule has 26 heavy (non-hydrogen) atoms. The number of thiocarbonyl (C=S) groups is 1. The monoisotopic (exact) mass is 389 g/mol. The molecule has 0 atom stereocenters. The van der Waals surface area contributed by atoms with Gasteiger partial charge in [-0.05, 0) is 35.5 Å². The van der Waals surface area contributed by atoms with E-state index in [1.807, 2.05) is 30.3 Å². The summed E-state index contributed by atoms with van der Waals surface area (Å²) >= 11 is 11.2. The van der Waals surface area contributed by atoms with Crippen LogP contribution in [-0.2, 0) is 22.6 Å². The molecule has 3 N–H and O–H groups in total. The third-order valence-corrected chi connectivity index (χ3v) is 4.27. The van der Waals surface area contributed by atoms with E-state index in [0.717, 1.165) is 11.1 Å². The number of amides is 2. The zero-order valence-corrected chi connectivity index (χ0v) is 15.7. The molecule has 2 aromatic carbocycles. The van der Waals surface area contributed by atoms with Gasteiger partial charge in [-0.3, -0.25) is 9.59 Å². The van der Waals surface area contributed by atoms with Crippen LogP contribution in [-0.4, -0.2) is 28.4 Å². The van der Waals surface area contributed by atoms with E-state index in [9.17, 15) is 9.59 Å². The minimum atomic E-state index is -0.418. The smallest absolute Gasteiger partial charge is 0.230 e. The molecule has 0 heterocycles. The Morgan fingerprint density at radius 3 is 2.31 bits per heavy atom. The maximum absolute atomic E-state index is 12.3. The minimum Gasteiger partial charge on any atom is -0.370 e. The van der Waals surface area contributed by atoms with Crippen LogP contribution in [0.3, 0.4) is 0 Å². The first kappa shape index (κ1) is 19.9. The summed E-state index contributed by atoms with van der Waals surface area (Å²) in [7, 11) is 0. The Hall–Kier alpha value is -2.44. The maximum Gasteiger partial charge on any atom is 0.230 e.